The molecule has 2 heteroatoms. The lowest BCUT2D eigenvalue weighted by Gasteiger charge is -2.34. The van der Waals surface area contributed by atoms with E-state index in [9.17, 15) is 0 Å². The van der Waals surface area contributed by atoms with Crippen LogP contribution in [0.1, 0.15) is 75.8 Å². The lowest BCUT2D eigenvalue weighted by molar-refractivity contribution is 0.506. The Morgan fingerprint density at radius 3 is 2.78 bits per heavy atom. The molecule has 1 unspecified atom stereocenters. The van der Waals surface area contributed by atoms with Crippen LogP contribution >= 0.6 is 0 Å². The summed E-state index contributed by atoms with van der Waals surface area (Å²) in [5, 5.41) is 1.15. The summed E-state index contributed by atoms with van der Waals surface area (Å²) in [7, 11) is 0. The molecule has 0 N–H and O–H groups in total. The van der Waals surface area contributed by atoms with Crippen LogP contribution in [0.2, 0.25) is 0 Å². The second kappa shape index (κ2) is 8.45. The zero-order valence-corrected chi connectivity index (χ0v) is 21.9. The minimum Gasteiger partial charge on any atom is -0.459 e. The van der Waals surface area contributed by atoms with E-state index < -0.39 is 0 Å². The van der Waals surface area contributed by atoms with Gasteiger partial charge in [0.1, 0.15) is 11.3 Å². The number of rotatable bonds is 4. The average Bonchev–Trinajstić information content (AvgIpc) is 3.37. The number of furan rings is 1. The second-order valence-corrected chi connectivity index (χ2v) is 10.8. The highest BCUT2D eigenvalue weighted by molar-refractivity contribution is 6.02. The van der Waals surface area contributed by atoms with Crippen molar-refractivity contribution in [1.29, 1.82) is 0 Å². The minimum atomic E-state index is -0.117. The summed E-state index contributed by atoms with van der Waals surface area (Å²) in [5.74, 6) is 8.06. The molecule has 0 fully saturated rings. The van der Waals surface area contributed by atoms with E-state index in [0.717, 1.165) is 35.1 Å². The number of anilines is 1. The Balaban J connectivity index is 1.53. The van der Waals surface area contributed by atoms with Gasteiger partial charge < -0.3 is 9.32 Å². The van der Waals surface area contributed by atoms with Gasteiger partial charge in [-0.1, -0.05) is 81.2 Å². The van der Waals surface area contributed by atoms with Gasteiger partial charge in [-0.05, 0) is 61.2 Å². The third-order valence-electron chi connectivity index (χ3n) is 8.05. The number of hydrogen-bond donors (Lipinski definition) is 0. The van der Waals surface area contributed by atoms with Crippen LogP contribution in [0.25, 0.3) is 22.1 Å². The van der Waals surface area contributed by atoms with Crippen molar-refractivity contribution < 1.29 is 4.42 Å². The Bertz CT molecular complexity index is 1560. The highest BCUT2D eigenvalue weighted by Crippen LogP contribution is 2.53. The Morgan fingerprint density at radius 1 is 1.14 bits per heavy atom. The zero-order valence-electron chi connectivity index (χ0n) is 21.9. The van der Waals surface area contributed by atoms with E-state index in [4.69, 9.17) is 4.42 Å². The van der Waals surface area contributed by atoms with Gasteiger partial charge in [0.25, 0.3) is 0 Å². The molecule has 2 atom stereocenters. The molecule has 0 radical (unpaired) electrons. The SMILES string of the molecule is C/C=C\C=C(/C)N(c1ccc2c(c1)C(C)(C)c1ccc3c4c(oc3c1-2)C(C)CC#C4)[C@H]1C=CC=CC1. The lowest BCUT2D eigenvalue weighted by Crippen LogP contribution is -2.33. The van der Waals surface area contributed by atoms with Gasteiger partial charge in [0.05, 0.1) is 11.6 Å². The molecular formula is C34H33NO. The maximum Gasteiger partial charge on any atom is 0.143 e. The zero-order chi connectivity index (χ0) is 25.0. The topological polar surface area (TPSA) is 16.4 Å². The second-order valence-electron chi connectivity index (χ2n) is 10.8. The molecule has 2 aromatic carbocycles. The molecular weight excluding hydrogens is 438 g/mol. The Labute approximate surface area is 214 Å². The fourth-order valence-electron chi connectivity index (χ4n) is 6.12. The van der Waals surface area contributed by atoms with Crippen LogP contribution in [0.5, 0.6) is 0 Å². The monoisotopic (exact) mass is 471 g/mol. The minimum absolute atomic E-state index is 0.117. The number of hydrogen-bond acceptors (Lipinski definition) is 2. The van der Waals surface area contributed by atoms with Crippen molar-refractivity contribution in [2.75, 3.05) is 4.90 Å². The smallest absolute Gasteiger partial charge is 0.143 e. The molecule has 180 valence electrons. The van der Waals surface area contributed by atoms with Crippen molar-refractivity contribution in [2.45, 2.75) is 64.8 Å². The molecule has 0 saturated heterocycles. The van der Waals surface area contributed by atoms with Gasteiger partial charge in [-0.15, -0.1) is 0 Å². The fraction of sp³-hybridized carbons (Fsp3) is 0.294. The van der Waals surface area contributed by atoms with E-state index >= 15 is 0 Å². The third-order valence-corrected chi connectivity index (χ3v) is 8.05. The van der Waals surface area contributed by atoms with Gasteiger partial charge in [0, 0.05) is 40.1 Å². The molecule has 36 heavy (non-hydrogen) atoms. The molecule has 3 aromatic rings. The summed E-state index contributed by atoms with van der Waals surface area (Å²) in [6.07, 6.45) is 17.1. The molecule has 0 aliphatic heterocycles. The molecule has 3 aliphatic rings. The van der Waals surface area contributed by atoms with Crippen LogP contribution in [0.3, 0.4) is 0 Å². The van der Waals surface area contributed by atoms with E-state index in [0.29, 0.717) is 12.0 Å². The number of nitrogens with zero attached hydrogens (tertiary/aromatic N) is 1. The number of fused-ring (bicyclic) bond motifs is 7. The largest absolute Gasteiger partial charge is 0.459 e. The van der Waals surface area contributed by atoms with Gasteiger partial charge in [0.2, 0.25) is 0 Å². The molecule has 1 aromatic heterocycles. The van der Waals surface area contributed by atoms with Crippen LogP contribution in [0.15, 0.2) is 83.0 Å². The summed E-state index contributed by atoms with van der Waals surface area (Å²) in [4.78, 5) is 2.47. The highest BCUT2D eigenvalue weighted by atomic mass is 16.3. The van der Waals surface area contributed by atoms with Crippen LogP contribution in [0.4, 0.5) is 5.69 Å². The first-order chi connectivity index (χ1) is 17.4. The summed E-state index contributed by atoms with van der Waals surface area (Å²) >= 11 is 0. The van der Waals surface area contributed by atoms with Gasteiger partial charge in [-0.3, -0.25) is 0 Å². The van der Waals surface area contributed by atoms with Crippen molar-refractivity contribution in [2.24, 2.45) is 0 Å². The van der Waals surface area contributed by atoms with Crippen LogP contribution in [-0.2, 0) is 5.41 Å². The van der Waals surface area contributed by atoms with Crippen molar-refractivity contribution in [3.8, 4) is 23.0 Å². The maximum atomic E-state index is 6.60. The van der Waals surface area contributed by atoms with Crippen LogP contribution in [0, 0.1) is 11.8 Å². The third kappa shape index (κ3) is 3.34. The molecule has 0 bridgehead atoms. The summed E-state index contributed by atoms with van der Waals surface area (Å²) in [6.45, 7) is 11.2. The standard InChI is InChI=1S/C34H33NO/c1-6-7-13-23(3)35(24-14-9-8-10-15-24)25-17-18-28-30(21-25)34(4,5)29-20-19-27-26-16-11-12-22(2)32(26)36-33(27)31(28)29/h6-10,13-14,17-22,24H,12,15H2,1-5H3/b7-6-,23-13+/t22?,24-/m0/s1. The van der Waals surface area contributed by atoms with E-state index in [-0.39, 0.29) is 5.41 Å². The van der Waals surface area contributed by atoms with Crippen molar-refractivity contribution in [1.82, 2.24) is 0 Å². The number of benzene rings is 2. The normalized spacial score (nSPS) is 21.3. The van der Waals surface area contributed by atoms with Gasteiger partial charge >= 0.3 is 0 Å². The molecule has 0 amide bonds. The maximum absolute atomic E-state index is 6.60. The number of allylic oxidation sites excluding steroid dienone is 6. The first-order valence-corrected chi connectivity index (χ1v) is 13.1. The van der Waals surface area contributed by atoms with Crippen LogP contribution < -0.4 is 4.90 Å². The van der Waals surface area contributed by atoms with Crippen LogP contribution in [-0.4, -0.2) is 6.04 Å². The fourth-order valence-corrected chi connectivity index (χ4v) is 6.12. The van der Waals surface area contributed by atoms with E-state index in [1.54, 1.807) is 0 Å². The molecule has 0 spiro atoms. The predicted molar refractivity (Wildman–Crippen MR) is 151 cm³/mol. The Hall–Kier alpha value is -3.70. The molecule has 6 rings (SSSR count). The summed E-state index contributed by atoms with van der Waals surface area (Å²) < 4.78 is 6.60. The Kier molecular flexibility index (Phi) is 5.34. The predicted octanol–water partition coefficient (Wildman–Crippen LogP) is 8.77. The van der Waals surface area contributed by atoms with E-state index in [1.807, 2.05) is 0 Å². The van der Waals surface area contributed by atoms with E-state index in [1.165, 1.54) is 33.6 Å². The van der Waals surface area contributed by atoms with E-state index in [2.05, 4.69) is 124 Å². The first kappa shape index (κ1) is 22.7. The van der Waals surface area contributed by atoms with Gasteiger partial charge in [-0.25, -0.2) is 0 Å². The molecule has 2 nitrogen and oxygen atoms in total. The van der Waals surface area contributed by atoms with Crippen molar-refractivity contribution in [3.63, 3.8) is 0 Å². The van der Waals surface area contributed by atoms with Crippen molar-refractivity contribution >= 4 is 16.7 Å². The quantitative estimate of drug-likeness (QED) is 0.279. The first-order valence-electron chi connectivity index (χ1n) is 13.1. The van der Waals surface area contributed by atoms with Gasteiger partial charge in [-0.2, -0.15) is 0 Å². The summed E-state index contributed by atoms with van der Waals surface area (Å²) in [6, 6.07) is 11.8. The lowest BCUT2D eigenvalue weighted by atomic mass is 9.82. The highest BCUT2D eigenvalue weighted by Gasteiger charge is 2.39. The molecule has 0 saturated carbocycles. The molecule has 3 aliphatic carbocycles. The van der Waals surface area contributed by atoms with Gasteiger partial charge in [0.15, 0.2) is 0 Å². The molecule has 1 heterocycles. The Morgan fingerprint density at radius 2 is 2.00 bits per heavy atom. The average molecular weight is 472 g/mol. The van der Waals surface area contributed by atoms with Crippen molar-refractivity contribution in [3.05, 3.63) is 101 Å². The summed E-state index contributed by atoms with van der Waals surface area (Å²) in [5.41, 5.74) is 9.66.